The van der Waals surface area contributed by atoms with Crippen molar-refractivity contribution in [2.45, 2.75) is 20.3 Å². The standard InChI is InChI=1S/C17H21ClN4OS/c1-12-10-14(18)4-5-15(12)20-16(23)21-6-3-7-22(9-8-21)17-19-13(2)11-24-17/h4-5,10-11H,3,6-9H2,1-2H3,(H,20,23). The Morgan fingerprint density at radius 3 is 2.79 bits per heavy atom. The number of thiazole rings is 1. The van der Waals surface area contributed by atoms with Crippen molar-refractivity contribution in [3.8, 4) is 0 Å². The number of aryl methyl sites for hydroxylation is 2. The molecule has 0 radical (unpaired) electrons. The van der Waals surface area contributed by atoms with Crippen molar-refractivity contribution >= 4 is 39.8 Å². The van der Waals surface area contributed by atoms with Crippen LogP contribution < -0.4 is 10.2 Å². The van der Waals surface area contributed by atoms with Gasteiger partial charge in [-0.15, -0.1) is 11.3 Å². The quantitative estimate of drug-likeness (QED) is 0.870. The third-order valence-electron chi connectivity index (χ3n) is 4.09. The molecule has 1 aromatic carbocycles. The molecule has 1 N–H and O–H groups in total. The van der Waals surface area contributed by atoms with Crippen molar-refractivity contribution in [1.82, 2.24) is 9.88 Å². The number of hydrogen-bond donors (Lipinski definition) is 1. The van der Waals surface area contributed by atoms with Crippen LogP contribution in [0.4, 0.5) is 15.6 Å². The zero-order chi connectivity index (χ0) is 17.1. The minimum absolute atomic E-state index is 0.0578. The molecular formula is C17H21ClN4OS. The Kier molecular flexibility index (Phi) is 5.26. The van der Waals surface area contributed by atoms with E-state index in [4.69, 9.17) is 11.6 Å². The number of rotatable bonds is 2. The molecule has 0 unspecified atom stereocenters. The van der Waals surface area contributed by atoms with E-state index in [2.05, 4.69) is 20.6 Å². The fraction of sp³-hybridized carbons (Fsp3) is 0.412. The van der Waals surface area contributed by atoms with Gasteiger partial charge in [0.05, 0.1) is 5.69 Å². The minimum Gasteiger partial charge on any atom is -0.346 e. The molecule has 1 fully saturated rings. The number of benzene rings is 1. The fourth-order valence-electron chi connectivity index (χ4n) is 2.76. The first-order chi connectivity index (χ1) is 11.5. The molecular weight excluding hydrogens is 344 g/mol. The molecule has 0 bridgehead atoms. The molecule has 3 rings (SSSR count). The van der Waals surface area contributed by atoms with Gasteiger partial charge in [-0.25, -0.2) is 9.78 Å². The van der Waals surface area contributed by atoms with Crippen LogP contribution in [-0.4, -0.2) is 42.1 Å². The van der Waals surface area contributed by atoms with Gasteiger partial charge in [-0.2, -0.15) is 0 Å². The van der Waals surface area contributed by atoms with E-state index in [1.54, 1.807) is 17.4 Å². The first-order valence-corrected chi connectivity index (χ1v) is 9.28. The normalized spacial score (nSPS) is 15.3. The van der Waals surface area contributed by atoms with E-state index in [9.17, 15) is 4.79 Å². The predicted octanol–water partition coefficient (Wildman–Crippen LogP) is 4.16. The SMILES string of the molecule is Cc1csc(N2CCCN(C(=O)Nc3ccc(Cl)cc3C)CC2)n1. The number of urea groups is 1. The monoisotopic (exact) mass is 364 g/mol. The maximum atomic E-state index is 12.6. The lowest BCUT2D eigenvalue weighted by Crippen LogP contribution is -2.38. The van der Waals surface area contributed by atoms with E-state index in [1.807, 2.05) is 30.9 Å². The van der Waals surface area contributed by atoms with Crippen LogP contribution in [-0.2, 0) is 0 Å². The van der Waals surface area contributed by atoms with Gasteiger partial charge in [0.2, 0.25) is 0 Å². The van der Waals surface area contributed by atoms with Crippen molar-refractivity contribution in [3.05, 3.63) is 39.9 Å². The summed E-state index contributed by atoms with van der Waals surface area (Å²) in [5, 5.41) is 6.77. The van der Waals surface area contributed by atoms with Crippen molar-refractivity contribution in [2.75, 3.05) is 36.4 Å². The number of hydrogen-bond acceptors (Lipinski definition) is 4. The Morgan fingerprint density at radius 2 is 2.08 bits per heavy atom. The summed E-state index contributed by atoms with van der Waals surface area (Å²) in [6, 6.07) is 5.43. The molecule has 5 nitrogen and oxygen atoms in total. The van der Waals surface area contributed by atoms with E-state index in [1.165, 1.54) is 0 Å². The molecule has 1 aliphatic rings. The summed E-state index contributed by atoms with van der Waals surface area (Å²) in [6.45, 7) is 7.12. The average molecular weight is 365 g/mol. The maximum absolute atomic E-state index is 12.6. The van der Waals surface area contributed by atoms with Crippen molar-refractivity contribution in [2.24, 2.45) is 0 Å². The molecule has 24 heavy (non-hydrogen) atoms. The summed E-state index contributed by atoms with van der Waals surface area (Å²) in [5.41, 5.74) is 2.82. The van der Waals surface area contributed by atoms with Gasteiger partial charge < -0.3 is 15.1 Å². The highest BCUT2D eigenvalue weighted by atomic mass is 35.5. The average Bonchev–Trinajstić information content (AvgIpc) is 2.83. The van der Waals surface area contributed by atoms with E-state index in [-0.39, 0.29) is 6.03 Å². The Labute approximate surface area is 151 Å². The molecule has 1 aromatic heterocycles. The first-order valence-electron chi connectivity index (χ1n) is 8.02. The minimum atomic E-state index is -0.0578. The van der Waals surface area contributed by atoms with Crippen LogP contribution in [0, 0.1) is 13.8 Å². The lowest BCUT2D eigenvalue weighted by Gasteiger charge is -2.22. The van der Waals surface area contributed by atoms with Gasteiger partial charge in [0, 0.05) is 42.3 Å². The number of nitrogens with zero attached hydrogens (tertiary/aromatic N) is 3. The summed E-state index contributed by atoms with van der Waals surface area (Å²) in [5.74, 6) is 0. The van der Waals surface area contributed by atoms with Crippen LogP contribution >= 0.6 is 22.9 Å². The summed E-state index contributed by atoms with van der Waals surface area (Å²) in [6.07, 6.45) is 0.936. The Hall–Kier alpha value is -1.79. The molecule has 2 aromatic rings. The Bertz CT molecular complexity index is 733. The van der Waals surface area contributed by atoms with Crippen molar-refractivity contribution in [1.29, 1.82) is 0 Å². The van der Waals surface area contributed by atoms with E-state index < -0.39 is 0 Å². The molecule has 1 aliphatic heterocycles. The zero-order valence-corrected chi connectivity index (χ0v) is 15.5. The number of amides is 2. The highest BCUT2D eigenvalue weighted by molar-refractivity contribution is 7.13. The third kappa shape index (κ3) is 3.99. The number of carbonyl (C=O) groups excluding carboxylic acids is 1. The fourth-order valence-corrected chi connectivity index (χ4v) is 3.84. The zero-order valence-electron chi connectivity index (χ0n) is 13.9. The van der Waals surface area contributed by atoms with Gasteiger partial charge in [0.25, 0.3) is 0 Å². The summed E-state index contributed by atoms with van der Waals surface area (Å²) < 4.78 is 0. The van der Waals surface area contributed by atoms with E-state index in [0.29, 0.717) is 11.6 Å². The summed E-state index contributed by atoms with van der Waals surface area (Å²) >= 11 is 7.63. The van der Waals surface area contributed by atoms with Gasteiger partial charge >= 0.3 is 6.03 Å². The van der Waals surface area contributed by atoms with Gasteiger partial charge in [-0.1, -0.05) is 11.6 Å². The summed E-state index contributed by atoms with van der Waals surface area (Å²) in [7, 11) is 0. The number of anilines is 2. The largest absolute Gasteiger partial charge is 0.346 e. The second-order valence-electron chi connectivity index (χ2n) is 5.99. The molecule has 0 atom stereocenters. The molecule has 0 saturated carbocycles. The summed E-state index contributed by atoms with van der Waals surface area (Å²) in [4.78, 5) is 21.2. The van der Waals surface area contributed by atoms with E-state index >= 15 is 0 Å². The predicted molar refractivity (Wildman–Crippen MR) is 100 cm³/mol. The molecule has 2 amide bonds. The van der Waals surface area contributed by atoms with Gasteiger partial charge in [-0.05, 0) is 44.0 Å². The lowest BCUT2D eigenvalue weighted by atomic mass is 10.2. The third-order valence-corrected chi connectivity index (χ3v) is 5.34. The first kappa shape index (κ1) is 17.0. The number of carbonyl (C=O) groups is 1. The molecule has 0 spiro atoms. The van der Waals surface area contributed by atoms with Gasteiger partial charge in [0.15, 0.2) is 5.13 Å². The lowest BCUT2D eigenvalue weighted by molar-refractivity contribution is 0.215. The van der Waals surface area contributed by atoms with Crippen molar-refractivity contribution < 1.29 is 4.79 Å². The van der Waals surface area contributed by atoms with Crippen LogP contribution in [0.5, 0.6) is 0 Å². The van der Waals surface area contributed by atoms with Crippen LogP contribution in [0.25, 0.3) is 0 Å². The van der Waals surface area contributed by atoms with Gasteiger partial charge in [0.1, 0.15) is 0 Å². The molecule has 1 saturated heterocycles. The smallest absolute Gasteiger partial charge is 0.321 e. The van der Waals surface area contributed by atoms with Crippen LogP contribution in [0.2, 0.25) is 5.02 Å². The maximum Gasteiger partial charge on any atom is 0.321 e. The topological polar surface area (TPSA) is 48.5 Å². The number of halogens is 1. The Balaban J connectivity index is 1.62. The van der Waals surface area contributed by atoms with Crippen LogP contribution in [0.15, 0.2) is 23.6 Å². The second-order valence-corrected chi connectivity index (χ2v) is 7.26. The Morgan fingerprint density at radius 1 is 1.25 bits per heavy atom. The van der Waals surface area contributed by atoms with E-state index in [0.717, 1.165) is 48.1 Å². The highest BCUT2D eigenvalue weighted by Crippen LogP contribution is 2.22. The van der Waals surface area contributed by atoms with Gasteiger partial charge in [-0.3, -0.25) is 0 Å². The molecule has 7 heteroatoms. The highest BCUT2D eigenvalue weighted by Gasteiger charge is 2.21. The second kappa shape index (κ2) is 7.40. The van der Waals surface area contributed by atoms with Crippen LogP contribution in [0.1, 0.15) is 17.7 Å². The van der Waals surface area contributed by atoms with Crippen molar-refractivity contribution in [3.63, 3.8) is 0 Å². The molecule has 2 heterocycles. The number of aromatic nitrogens is 1. The molecule has 0 aliphatic carbocycles. The van der Waals surface area contributed by atoms with Crippen LogP contribution in [0.3, 0.4) is 0 Å². The molecule has 128 valence electrons. The number of nitrogens with one attached hydrogen (secondary N) is 1.